The molecule has 0 amide bonds. The Labute approximate surface area is 175 Å². The normalized spacial score (nSPS) is 43.4. The third kappa shape index (κ3) is 6.23. The molecule has 2 heterocycles. The minimum Gasteiger partial charge on any atom is -0.394 e. The van der Waals surface area contributed by atoms with Gasteiger partial charge in [0, 0.05) is 12.4 Å². The highest BCUT2D eigenvalue weighted by Crippen LogP contribution is 2.29. The van der Waals surface area contributed by atoms with E-state index in [4.69, 9.17) is 18.9 Å². The van der Waals surface area contributed by atoms with Crippen molar-refractivity contribution in [2.75, 3.05) is 19.0 Å². The van der Waals surface area contributed by atoms with E-state index in [9.17, 15) is 30.6 Å². The second kappa shape index (κ2) is 12.1. The van der Waals surface area contributed by atoms with Crippen molar-refractivity contribution in [3.8, 4) is 0 Å². The summed E-state index contributed by atoms with van der Waals surface area (Å²) in [6, 6.07) is 0. The van der Waals surface area contributed by atoms with Gasteiger partial charge in [-0.05, 0) is 6.42 Å². The number of hydrogen-bond acceptors (Lipinski definition) is 11. The molecule has 172 valence electrons. The highest BCUT2D eigenvalue weighted by molar-refractivity contribution is 7.80. The van der Waals surface area contributed by atoms with E-state index in [0.717, 1.165) is 25.7 Å². The van der Waals surface area contributed by atoms with Gasteiger partial charge in [0.05, 0.1) is 12.7 Å². The topological polar surface area (TPSA) is 158 Å². The van der Waals surface area contributed by atoms with Crippen LogP contribution >= 0.6 is 12.6 Å². The molecule has 0 aromatic heterocycles. The summed E-state index contributed by atoms with van der Waals surface area (Å²) in [4.78, 5) is 0. The van der Waals surface area contributed by atoms with Crippen LogP contribution in [-0.4, -0.2) is 111 Å². The average Bonchev–Trinajstić information content (AvgIpc) is 2.72. The first kappa shape index (κ1) is 25.2. The van der Waals surface area contributed by atoms with Gasteiger partial charge in [0.1, 0.15) is 42.7 Å². The van der Waals surface area contributed by atoms with Gasteiger partial charge in [0.25, 0.3) is 0 Å². The fraction of sp³-hybridized carbons (Fsp3) is 1.00. The summed E-state index contributed by atoms with van der Waals surface area (Å²) in [5.41, 5.74) is 0. The van der Waals surface area contributed by atoms with Crippen molar-refractivity contribution in [1.82, 2.24) is 0 Å². The molecule has 6 N–H and O–H groups in total. The van der Waals surface area contributed by atoms with Crippen molar-refractivity contribution in [2.45, 2.75) is 94.0 Å². The Morgan fingerprint density at radius 2 is 1.45 bits per heavy atom. The Balaban J connectivity index is 1.98. The van der Waals surface area contributed by atoms with E-state index in [2.05, 4.69) is 19.6 Å². The molecule has 2 saturated heterocycles. The summed E-state index contributed by atoms with van der Waals surface area (Å²) in [5, 5.41) is 60.5. The molecule has 0 spiro atoms. The number of aliphatic hydroxyl groups is 6. The first-order chi connectivity index (χ1) is 13.8. The quantitative estimate of drug-likeness (QED) is 0.151. The Bertz CT molecular complexity index is 468. The van der Waals surface area contributed by atoms with Crippen molar-refractivity contribution < 1.29 is 49.6 Å². The molecular formula is C18H34O10S. The Hall–Kier alpha value is -0.0500. The minimum atomic E-state index is -1.61. The highest BCUT2D eigenvalue weighted by atomic mass is 32.1. The lowest BCUT2D eigenvalue weighted by Crippen LogP contribution is -2.64. The van der Waals surface area contributed by atoms with Gasteiger partial charge < -0.3 is 49.6 Å². The molecule has 0 aliphatic carbocycles. The van der Waals surface area contributed by atoms with Gasteiger partial charge in [-0.2, -0.15) is 12.6 Å². The molecular weight excluding hydrogens is 408 g/mol. The third-order valence-corrected chi connectivity index (χ3v) is 5.60. The van der Waals surface area contributed by atoms with Gasteiger partial charge in [-0.25, -0.2) is 0 Å². The van der Waals surface area contributed by atoms with Crippen molar-refractivity contribution in [1.29, 1.82) is 0 Å². The van der Waals surface area contributed by atoms with Crippen molar-refractivity contribution >= 4 is 12.6 Å². The third-order valence-electron chi connectivity index (χ3n) is 5.24. The minimum absolute atomic E-state index is 0.0501. The molecule has 2 rings (SSSR count). The maximum absolute atomic E-state index is 10.5. The maximum Gasteiger partial charge on any atom is 0.187 e. The molecule has 11 heteroatoms. The van der Waals surface area contributed by atoms with E-state index in [1.165, 1.54) is 0 Å². The zero-order chi connectivity index (χ0) is 21.6. The summed E-state index contributed by atoms with van der Waals surface area (Å²) in [6.45, 7) is 1.87. The SMILES string of the molecule is CCCCCCO[C@@H]1OC(CO)[C@H](O[C@@H]2OC(CS)[C@H](O)[C@H](O)C2O)C(O)[C@@H]1O. The standard InChI is InChI=1S/C18H34O10S/c1-2-3-4-5-6-25-17-15(24)13(22)16(9(7-19)26-17)28-18-14(23)12(21)11(20)10(8-29)27-18/h9-24,29H,2-8H2,1H3/t9?,10?,11-,12-,13?,14?,15-,16-,17+,18-/m0/s1. The molecule has 0 bridgehead atoms. The zero-order valence-electron chi connectivity index (χ0n) is 16.5. The molecule has 0 aromatic carbocycles. The monoisotopic (exact) mass is 442 g/mol. The zero-order valence-corrected chi connectivity index (χ0v) is 17.4. The number of hydrogen-bond donors (Lipinski definition) is 7. The summed E-state index contributed by atoms with van der Waals surface area (Å²) >= 11 is 4.03. The van der Waals surface area contributed by atoms with Crippen LogP contribution in [0.2, 0.25) is 0 Å². The van der Waals surface area contributed by atoms with Gasteiger partial charge in [-0.3, -0.25) is 0 Å². The largest absolute Gasteiger partial charge is 0.394 e. The number of unbranched alkanes of at least 4 members (excludes halogenated alkanes) is 3. The summed E-state index contributed by atoms with van der Waals surface area (Å²) in [7, 11) is 0. The second-order valence-corrected chi connectivity index (χ2v) is 7.80. The summed E-state index contributed by atoms with van der Waals surface area (Å²) in [5.74, 6) is 0.0501. The van der Waals surface area contributed by atoms with E-state index < -0.39 is 68.0 Å². The first-order valence-electron chi connectivity index (χ1n) is 10.1. The van der Waals surface area contributed by atoms with E-state index in [-0.39, 0.29) is 5.75 Å². The van der Waals surface area contributed by atoms with Crippen molar-refractivity contribution in [3.63, 3.8) is 0 Å². The molecule has 0 aromatic rings. The number of aliphatic hydroxyl groups excluding tert-OH is 6. The molecule has 0 radical (unpaired) electrons. The molecule has 0 saturated carbocycles. The lowest BCUT2D eigenvalue weighted by Gasteiger charge is -2.46. The Morgan fingerprint density at radius 1 is 0.793 bits per heavy atom. The van der Waals surface area contributed by atoms with Crippen LogP contribution in [0.25, 0.3) is 0 Å². The highest BCUT2D eigenvalue weighted by Gasteiger charge is 2.50. The fourth-order valence-electron chi connectivity index (χ4n) is 3.42. The fourth-order valence-corrected chi connectivity index (χ4v) is 3.72. The molecule has 29 heavy (non-hydrogen) atoms. The molecule has 4 unspecified atom stereocenters. The van der Waals surface area contributed by atoms with Crippen molar-refractivity contribution in [2.24, 2.45) is 0 Å². The van der Waals surface area contributed by atoms with Gasteiger partial charge in [0.15, 0.2) is 12.6 Å². The van der Waals surface area contributed by atoms with Crippen LogP contribution in [-0.2, 0) is 18.9 Å². The van der Waals surface area contributed by atoms with E-state index >= 15 is 0 Å². The van der Waals surface area contributed by atoms with Crippen LogP contribution in [0.4, 0.5) is 0 Å². The van der Waals surface area contributed by atoms with Gasteiger partial charge >= 0.3 is 0 Å². The van der Waals surface area contributed by atoms with Gasteiger partial charge in [0.2, 0.25) is 0 Å². The number of thiol groups is 1. The summed E-state index contributed by atoms with van der Waals surface area (Å²) < 4.78 is 22.0. The van der Waals surface area contributed by atoms with Crippen LogP contribution < -0.4 is 0 Å². The van der Waals surface area contributed by atoms with Crippen LogP contribution in [0.1, 0.15) is 32.6 Å². The molecule has 10 atom stereocenters. The molecule has 2 aliphatic rings. The predicted octanol–water partition coefficient (Wildman–Crippen LogP) is -1.86. The smallest absolute Gasteiger partial charge is 0.187 e. The number of ether oxygens (including phenoxy) is 4. The Morgan fingerprint density at radius 3 is 2.07 bits per heavy atom. The van der Waals surface area contributed by atoms with E-state index in [1.54, 1.807) is 0 Å². The summed E-state index contributed by atoms with van der Waals surface area (Å²) in [6.07, 6.45) is -9.43. The molecule has 2 aliphatic heterocycles. The lowest BCUT2D eigenvalue weighted by atomic mass is 9.97. The molecule has 10 nitrogen and oxygen atoms in total. The van der Waals surface area contributed by atoms with Crippen LogP contribution in [0, 0.1) is 0 Å². The lowest BCUT2D eigenvalue weighted by molar-refractivity contribution is -0.356. The Kier molecular flexibility index (Phi) is 10.5. The average molecular weight is 443 g/mol. The van der Waals surface area contributed by atoms with Crippen LogP contribution in [0.3, 0.4) is 0 Å². The number of rotatable bonds is 10. The predicted molar refractivity (Wildman–Crippen MR) is 103 cm³/mol. The van der Waals surface area contributed by atoms with E-state index in [1.807, 2.05) is 0 Å². The first-order valence-corrected chi connectivity index (χ1v) is 10.7. The van der Waals surface area contributed by atoms with Crippen LogP contribution in [0.5, 0.6) is 0 Å². The van der Waals surface area contributed by atoms with Gasteiger partial charge in [-0.15, -0.1) is 0 Å². The van der Waals surface area contributed by atoms with Gasteiger partial charge in [-0.1, -0.05) is 26.2 Å². The van der Waals surface area contributed by atoms with Crippen LogP contribution in [0.15, 0.2) is 0 Å². The molecule has 2 fully saturated rings. The second-order valence-electron chi connectivity index (χ2n) is 7.44. The maximum atomic E-state index is 10.5. The van der Waals surface area contributed by atoms with E-state index in [0.29, 0.717) is 6.61 Å². The van der Waals surface area contributed by atoms with Crippen molar-refractivity contribution in [3.05, 3.63) is 0 Å².